The van der Waals surface area contributed by atoms with E-state index in [1.54, 1.807) is 0 Å². The Kier molecular flexibility index (Phi) is 4.81. The Bertz CT molecular complexity index is 350. The zero-order valence-electron chi connectivity index (χ0n) is 12.0. The molecule has 1 saturated heterocycles. The normalized spacial score (nSPS) is 22.3. The van der Waals surface area contributed by atoms with Gasteiger partial charge in [-0.2, -0.15) is 0 Å². The van der Waals surface area contributed by atoms with Gasteiger partial charge in [-0.3, -0.25) is 0 Å². The van der Waals surface area contributed by atoms with Crippen molar-refractivity contribution >= 4 is 0 Å². The average Bonchev–Trinajstić information content (AvgIpc) is 2.86. The van der Waals surface area contributed by atoms with E-state index < -0.39 is 0 Å². The highest BCUT2D eigenvalue weighted by Crippen LogP contribution is 2.27. The second kappa shape index (κ2) is 6.37. The monoisotopic (exact) mass is 249 g/mol. The van der Waals surface area contributed by atoms with Gasteiger partial charge >= 0.3 is 0 Å². The average molecular weight is 249 g/mol. The van der Waals surface area contributed by atoms with E-state index in [1.165, 1.54) is 37.9 Å². The lowest BCUT2D eigenvalue weighted by Crippen LogP contribution is -2.29. The van der Waals surface area contributed by atoms with Crippen LogP contribution >= 0.6 is 0 Å². The highest BCUT2D eigenvalue weighted by atomic mass is 15.1. The Balaban J connectivity index is 2.01. The van der Waals surface area contributed by atoms with Crippen molar-refractivity contribution in [3.63, 3.8) is 0 Å². The van der Waals surface area contributed by atoms with Crippen LogP contribution in [0, 0.1) is 5.92 Å². The number of nitrogens with zero attached hydrogens (tertiary/aromatic N) is 2. The predicted molar refractivity (Wildman–Crippen MR) is 75.9 cm³/mol. The molecule has 0 spiro atoms. The molecule has 18 heavy (non-hydrogen) atoms. The van der Waals surface area contributed by atoms with Crippen LogP contribution in [0.15, 0.2) is 12.5 Å². The third kappa shape index (κ3) is 3.35. The number of rotatable bonds is 5. The molecule has 0 radical (unpaired) electrons. The van der Waals surface area contributed by atoms with Gasteiger partial charge in [-0.25, -0.2) is 4.98 Å². The van der Waals surface area contributed by atoms with Gasteiger partial charge in [0, 0.05) is 30.4 Å². The van der Waals surface area contributed by atoms with Crippen LogP contribution < -0.4 is 5.32 Å². The predicted octanol–water partition coefficient (Wildman–Crippen LogP) is 3.35. The molecule has 2 heterocycles. The minimum Gasteiger partial charge on any atom is -0.332 e. The van der Waals surface area contributed by atoms with Gasteiger partial charge in [0.05, 0.1) is 6.33 Å². The van der Waals surface area contributed by atoms with E-state index in [2.05, 4.69) is 41.8 Å². The molecule has 2 unspecified atom stereocenters. The molecular weight excluding hydrogens is 222 g/mol. The molecule has 102 valence electrons. The molecule has 0 bridgehead atoms. The molecule has 2 atom stereocenters. The van der Waals surface area contributed by atoms with Crippen LogP contribution in [0.1, 0.15) is 64.1 Å². The van der Waals surface area contributed by atoms with E-state index in [1.807, 2.05) is 6.33 Å². The Morgan fingerprint density at radius 1 is 1.39 bits per heavy atom. The maximum Gasteiger partial charge on any atom is 0.0950 e. The molecular formula is C15H27N3. The van der Waals surface area contributed by atoms with Crippen LogP contribution in [0.5, 0.6) is 0 Å². The van der Waals surface area contributed by atoms with E-state index in [4.69, 9.17) is 0 Å². The summed E-state index contributed by atoms with van der Waals surface area (Å²) in [5, 5.41) is 3.50. The first-order valence-electron chi connectivity index (χ1n) is 7.41. The van der Waals surface area contributed by atoms with Crippen molar-refractivity contribution in [3.05, 3.63) is 18.2 Å². The van der Waals surface area contributed by atoms with Crippen LogP contribution in [0.2, 0.25) is 0 Å². The molecule has 1 aliphatic heterocycles. The highest BCUT2D eigenvalue weighted by molar-refractivity contribution is 5.09. The highest BCUT2D eigenvalue weighted by Gasteiger charge is 2.20. The molecule has 0 aliphatic carbocycles. The maximum atomic E-state index is 4.38. The van der Waals surface area contributed by atoms with Gasteiger partial charge in [-0.05, 0) is 45.1 Å². The van der Waals surface area contributed by atoms with E-state index >= 15 is 0 Å². The van der Waals surface area contributed by atoms with Crippen LogP contribution in [0.25, 0.3) is 0 Å². The lowest BCUT2D eigenvalue weighted by atomic mass is 9.95. The molecule has 1 N–H and O–H groups in total. The van der Waals surface area contributed by atoms with E-state index in [9.17, 15) is 0 Å². The van der Waals surface area contributed by atoms with Crippen molar-refractivity contribution in [2.75, 3.05) is 13.1 Å². The quantitative estimate of drug-likeness (QED) is 0.867. The third-order valence-corrected chi connectivity index (χ3v) is 4.05. The molecule has 0 amide bonds. The number of imidazole rings is 1. The summed E-state index contributed by atoms with van der Waals surface area (Å²) in [5.41, 5.74) is 1.43. The SMILES string of the molecule is CC(C)CCC(C)n1cncc1C1CCCNC1. The Hall–Kier alpha value is -0.830. The maximum absolute atomic E-state index is 4.38. The molecule has 3 nitrogen and oxygen atoms in total. The largest absolute Gasteiger partial charge is 0.332 e. The van der Waals surface area contributed by atoms with Crippen LogP contribution in [0.4, 0.5) is 0 Å². The van der Waals surface area contributed by atoms with Gasteiger partial charge in [0.25, 0.3) is 0 Å². The summed E-state index contributed by atoms with van der Waals surface area (Å²) >= 11 is 0. The first-order valence-corrected chi connectivity index (χ1v) is 7.41. The van der Waals surface area contributed by atoms with E-state index in [0.717, 1.165) is 12.5 Å². The number of hydrogen-bond acceptors (Lipinski definition) is 2. The van der Waals surface area contributed by atoms with Gasteiger partial charge in [0.15, 0.2) is 0 Å². The summed E-state index contributed by atoms with van der Waals surface area (Å²) in [7, 11) is 0. The van der Waals surface area contributed by atoms with Crippen LogP contribution in [-0.2, 0) is 0 Å². The molecule has 0 aromatic carbocycles. The Morgan fingerprint density at radius 3 is 2.89 bits per heavy atom. The summed E-state index contributed by atoms with van der Waals surface area (Å²) < 4.78 is 2.40. The lowest BCUT2D eigenvalue weighted by Gasteiger charge is -2.26. The number of aromatic nitrogens is 2. The van der Waals surface area contributed by atoms with Gasteiger partial charge < -0.3 is 9.88 Å². The van der Waals surface area contributed by atoms with Crippen molar-refractivity contribution in [2.45, 2.75) is 58.4 Å². The minimum atomic E-state index is 0.576. The molecule has 1 fully saturated rings. The minimum absolute atomic E-state index is 0.576. The zero-order valence-corrected chi connectivity index (χ0v) is 12.0. The summed E-state index contributed by atoms with van der Waals surface area (Å²) in [5.74, 6) is 1.44. The summed E-state index contributed by atoms with van der Waals surface area (Å²) in [6.07, 6.45) is 9.23. The number of hydrogen-bond donors (Lipinski definition) is 1. The first-order chi connectivity index (χ1) is 8.68. The Labute approximate surface area is 111 Å². The van der Waals surface area contributed by atoms with Crippen molar-refractivity contribution in [1.82, 2.24) is 14.9 Å². The topological polar surface area (TPSA) is 29.9 Å². The molecule has 0 saturated carbocycles. The smallest absolute Gasteiger partial charge is 0.0950 e. The fourth-order valence-corrected chi connectivity index (χ4v) is 2.82. The first kappa shape index (κ1) is 13.6. The van der Waals surface area contributed by atoms with Gasteiger partial charge in [-0.15, -0.1) is 0 Å². The fourth-order valence-electron chi connectivity index (χ4n) is 2.82. The molecule has 1 aromatic rings. The number of piperidine rings is 1. The molecule has 1 aromatic heterocycles. The Morgan fingerprint density at radius 2 is 2.22 bits per heavy atom. The summed E-state index contributed by atoms with van der Waals surface area (Å²) in [6.45, 7) is 9.21. The standard InChI is InChI=1S/C15H27N3/c1-12(2)6-7-13(3)18-11-17-10-15(18)14-5-4-8-16-9-14/h10-14,16H,4-9H2,1-3H3. The molecule has 3 heteroatoms. The molecule has 2 rings (SSSR count). The second-order valence-electron chi connectivity index (χ2n) is 6.09. The van der Waals surface area contributed by atoms with Gasteiger partial charge in [0.2, 0.25) is 0 Å². The van der Waals surface area contributed by atoms with Crippen LogP contribution in [0.3, 0.4) is 0 Å². The van der Waals surface area contributed by atoms with E-state index in [-0.39, 0.29) is 0 Å². The van der Waals surface area contributed by atoms with Crippen LogP contribution in [-0.4, -0.2) is 22.6 Å². The van der Waals surface area contributed by atoms with Gasteiger partial charge in [-0.1, -0.05) is 13.8 Å². The fraction of sp³-hybridized carbons (Fsp3) is 0.800. The zero-order chi connectivity index (χ0) is 13.0. The van der Waals surface area contributed by atoms with Crippen molar-refractivity contribution in [2.24, 2.45) is 5.92 Å². The summed E-state index contributed by atoms with van der Waals surface area (Å²) in [4.78, 5) is 4.38. The number of nitrogens with one attached hydrogen (secondary N) is 1. The summed E-state index contributed by atoms with van der Waals surface area (Å²) in [6, 6.07) is 0.576. The van der Waals surface area contributed by atoms with Crippen molar-refractivity contribution in [3.8, 4) is 0 Å². The van der Waals surface area contributed by atoms with E-state index in [0.29, 0.717) is 12.0 Å². The third-order valence-electron chi connectivity index (χ3n) is 4.05. The lowest BCUT2D eigenvalue weighted by molar-refractivity contribution is 0.397. The van der Waals surface area contributed by atoms with Gasteiger partial charge in [0.1, 0.15) is 0 Å². The van der Waals surface area contributed by atoms with Crippen molar-refractivity contribution in [1.29, 1.82) is 0 Å². The van der Waals surface area contributed by atoms with Crippen molar-refractivity contribution < 1.29 is 0 Å². The molecule has 1 aliphatic rings. The second-order valence-corrected chi connectivity index (χ2v) is 6.09.